The van der Waals surface area contributed by atoms with Crippen molar-refractivity contribution in [1.29, 1.82) is 0 Å². The minimum absolute atomic E-state index is 0.149. The van der Waals surface area contributed by atoms with Crippen molar-refractivity contribution in [2.45, 2.75) is 26.2 Å². The van der Waals surface area contributed by atoms with Crippen LogP contribution in [0.4, 0.5) is 26.3 Å². The molecule has 1 nitrogen and oxygen atoms in total. The highest BCUT2D eigenvalue weighted by molar-refractivity contribution is 14.1. The molecule has 9 heteroatoms. The lowest BCUT2D eigenvalue weighted by Crippen LogP contribution is -2.14. The van der Waals surface area contributed by atoms with Crippen molar-refractivity contribution in [3.8, 4) is 16.9 Å². The molecule has 0 radical (unpaired) electrons. The van der Waals surface area contributed by atoms with Crippen LogP contribution in [-0.2, 0) is 12.4 Å². The molecule has 26 heavy (non-hydrogen) atoms. The highest BCUT2D eigenvalue weighted by Gasteiger charge is 2.40. The number of alkyl halides is 6. The average Bonchev–Trinajstić information content (AvgIpc) is 2.46. The summed E-state index contributed by atoms with van der Waals surface area (Å²) in [5.41, 5.74) is -1.75. The van der Waals surface area contributed by atoms with Crippen molar-refractivity contribution in [2.75, 3.05) is 7.11 Å². The van der Waals surface area contributed by atoms with Crippen LogP contribution in [0.25, 0.3) is 11.1 Å². The predicted octanol–water partition coefficient (Wildman–Crippen LogP) is 7.38. The summed E-state index contributed by atoms with van der Waals surface area (Å²) in [5, 5.41) is 0. The Bertz CT molecular complexity index is 858. The molecule has 0 bridgehead atoms. The summed E-state index contributed by atoms with van der Waals surface area (Å²) in [4.78, 5) is 0. The van der Waals surface area contributed by atoms with E-state index < -0.39 is 23.5 Å². The summed E-state index contributed by atoms with van der Waals surface area (Å²) < 4.78 is 85.2. The number of rotatable bonds is 2. The molecule has 0 amide bonds. The summed E-state index contributed by atoms with van der Waals surface area (Å²) in [6.45, 7) is 3.29. The molecule has 0 aliphatic rings. The van der Waals surface area contributed by atoms with Gasteiger partial charge in [-0.25, -0.2) is 0 Å². The van der Waals surface area contributed by atoms with Crippen molar-refractivity contribution < 1.29 is 31.1 Å². The van der Waals surface area contributed by atoms with Gasteiger partial charge in [-0.2, -0.15) is 26.3 Å². The summed E-state index contributed by atoms with van der Waals surface area (Å²) in [7, 11) is 1.38. The Labute approximate surface area is 168 Å². The molecular formula is C17H12BrF6IO. The zero-order chi connectivity index (χ0) is 20.0. The van der Waals surface area contributed by atoms with Gasteiger partial charge in [-0.15, -0.1) is 0 Å². The van der Waals surface area contributed by atoms with E-state index in [2.05, 4.69) is 15.9 Å². The van der Waals surface area contributed by atoms with Gasteiger partial charge in [0.25, 0.3) is 0 Å². The van der Waals surface area contributed by atoms with Crippen molar-refractivity contribution in [3.05, 3.63) is 48.5 Å². The summed E-state index contributed by atoms with van der Waals surface area (Å²) in [6.07, 6.45) is -9.84. The Morgan fingerprint density at radius 2 is 1.50 bits per heavy atom. The third-order valence-electron chi connectivity index (χ3n) is 3.83. The largest absolute Gasteiger partial charge is 0.496 e. The van der Waals surface area contributed by atoms with Crippen LogP contribution in [0.1, 0.15) is 22.3 Å². The molecule has 2 aromatic carbocycles. The Morgan fingerprint density at radius 1 is 0.923 bits per heavy atom. The maximum absolute atomic E-state index is 13.6. The Hall–Kier alpha value is -0.970. The van der Waals surface area contributed by atoms with Crippen molar-refractivity contribution in [3.63, 3.8) is 0 Å². The maximum atomic E-state index is 13.6. The molecule has 2 aromatic rings. The van der Waals surface area contributed by atoms with Gasteiger partial charge in [0, 0.05) is 24.7 Å². The van der Waals surface area contributed by atoms with Gasteiger partial charge >= 0.3 is 12.4 Å². The molecule has 0 aromatic heterocycles. The number of halogens is 8. The van der Waals surface area contributed by atoms with Gasteiger partial charge in [0.2, 0.25) is 0 Å². The molecule has 0 saturated heterocycles. The lowest BCUT2D eigenvalue weighted by atomic mass is 9.92. The van der Waals surface area contributed by atoms with Crippen LogP contribution in [0.5, 0.6) is 5.75 Å². The number of hydrogen-bond acceptors (Lipinski definition) is 1. The first kappa shape index (κ1) is 21.3. The van der Waals surface area contributed by atoms with E-state index in [1.807, 2.05) is 0 Å². The van der Waals surface area contributed by atoms with Gasteiger partial charge < -0.3 is 4.74 Å². The highest BCUT2D eigenvalue weighted by Crippen LogP contribution is 2.47. The van der Waals surface area contributed by atoms with Gasteiger partial charge in [0.15, 0.2) is 0 Å². The minimum atomic E-state index is -4.96. The first-order valence-electron chi connectivity index (χ1n) is 7.11. The van der Waals surface area contributed by atoms with Crippen LogP contribution in [-0.4, -0.2) is 7.11 Å². The summed E-state index contributed by atoms with van der Waals surface area (Å²) >= 11 is 4.74. The quantitative estimate of drug-likeness (QED) is 0.279. The number of hydrogen-bond donors (Lipinski definition) is 0. The van der Waals surface area contributed by atoms with Crippen LogP contribution >= 0.6 is 38.5 Å². The number of benzene rings is 2. The monoisotopic (exact) mass is 552 g/mol. The standard InChI is InChI=1S/C17H12BrF6IO/c1-7-4-11(18)13(8(2)15(7)26-3)14-10(17(22,23)24)5-9(6-12(14)25)16(19,20)21/h4-6H,1-3H3. The lowest BCUT2D eigenvalue weighted by molar-refractivity contribution is -0.142. The average molecular weight is 553 g/mol. The number of ether oxygens (including phenoxy) is 1. The molecule has 142 valence electrons. The fourth-order valence-corrected chi connectivity index (χ4v) is 4.52. The molecule has 0 N–H and O–H groups in total. The second-order valence-corrected chi connectivity index (χ2v) is 7.60. The molecule has 2 rings (SSSR count). The van der Waals surface area contributed by atoms with Crippen molar-refractivity contribution in [2.24, 2.45) is 0 Å². The van der Waals surface area contributed by atoms with E-state index in [9.17, 15) is 26.3 Å². The normalized spacial score (nSPS) is 12.4. The topological polar surface area (TPSA) is 9.23 Å². The molecule has 0 aliphatic carbocycles. The smallest absolute Gasteiger partial charge is 0.417 e. The van der Waals surface area contributed by atoms with Crippen LogP contribution in [0, 0.1) is 17.4 Å². The zero-order valence-corrected chi connectivity index (χ0v) is 17.4. The van der Waals surface area contributed by atoms with E-state index in [1.165, 1.54) is 29.7 Å². The first-order valence-corrected chi connectivity index (χ1v) is 8.98. The lowest BCUT2D eigenvalue weighted by Gasteiger charge is -2.22. The highest BCUT2D eigenvalue weighted by atomic mass is 127. The third kappa shape index (κ3) is 3.97. The third-order valence-corrected chi connectivity index (χ3v) is 5.31. The molecule has 0 unspecified atom stereocenters. The molecule has 0 heterocycles. The van der Waals surface area contributed by atoms with E-state index in [0.717, 1.165) is 0 Å². The summed E-state index contributed by atoms with van der Waals surface area (Å²) in [5.74, 6) is 0.382. The van der Waals surface area contributed by atoms with Gasteiger partial charge in [-0.05, 0) is 60.2 Å². The van der Waals surface area contributed by atoms with Gasteiger partial charge in [0.05, 0.1) is 18.2 Å². The van der Waals surface area contributed by atoms with E-state index >= 15 is 0 Å². The second-order valence-electron chi connectivity index (χ2n) is 5.58. The van der Waals surface area contributed by atoms with Crippen LogP contribution in [0.15, 0.2) is 22.7 Å². The van der Waals surface area contributed by atoms with Crippen LogP contribution in [0.2, 0.25) is 0 Å². The van der Waals surface area contributed by atoms with Gasteiger partial charge in [0.1, 0.15) is 5.75 Å². The Balaban J connectivity index is 2.96. The Kier molecular flexibility index (Phi) is 5.92. The zero-order valence-electron chi connectivity index (χ0n) is 13.7. The molecular weight excluding hydrogens is 541 g/mol. The van der Waals surface area contributed by atoms with E-state index in [0.29, 0.717) is 27.4 Å². The molecule has 0 fully saturated rings. The first-order chi connectivity index (χ1) is 11.8. The molecule has 0 aliphatic heterocycles. The van der Waals surface area contributed by atoms with Crippen LogP contribution < -0.4 is 4.74 Å². The van der Waals surface area contributed by atoms with E-state index in [-0.39, 0.29) is 20.8 Å². The van der Waals surface area contributed by atoms with Crippen molar-refractivity contribution in [1.82, 2.24) is 0 Å². The Morgan fingerprint density at radius 3 is 1.96 bits per heavy atom. The van der Waals surface area contributed by atoms with E-state index in [1.54, 1.807) is 19.9 Å². The fourth-order valence-electron chi connectivity index (χ4n) is 2.79. The number of aryl methyl sites for hydroxylation is 1. The number of methoxy groups -OCH3 is 1. The predicted molar refractivity (Wildman–Crippen MR) is 98.3 cm³/mol. The van der Waals surface area contributed by atoms with Crippen LogP contribution in [0.3, 0.4) is 0 Å². The molecule has 0 atom stereocenters. The summed E-state index contributed by atoms with van der Waals surface area (Å²) in [6, 6.07) is 2.44. The van der Waals surface area contributed by atoms with Gasteiger partial charge in [-0.3, -0.25) is 0 Å². The van der Waals surface area contributed by atoms with E-state index in [4.69, 9.17) is 4.74 Å². The fraction of sp³-hybridized carbons (Fsp3) is 0.294. The van der Waals surface area contributed by atoms with Crippen molar-refractivity contribution >= 4 is 38.5 Å². The van der Waals surface area contributed by atoms with Gasteiger partial charge in [-0.1, -0.05) is 15.9 Å². The SMILES string of the molecule is COc1c(C)cc(Br)c(-c2c(I)cc(C(F)(F)F)cc2C(F)(F)F)c1C. The molecule has 0 spiro atoms. The maximum Gasteiger partial charge on any atom is 0.417 e. The minimum Gasteiger partial charge on any atom is -0.496 e. The second kappa shape index (κ2) is 7.21. The molecule has 0 saturated carbocycles.